The maximum absolute atomic E-state index is 12.4. The molecule has 1 saturated heterocycles. The number of halogens is 2. The van der Waals surface area contributed by atoms with E-state index in [0.29, 0.717) is 29.7 Å². The summed E-state index contributed by atoms with van der Waals surface area (Å²) in [5.74, 6) is 1.73. The largest absolute Gasteiger partial charge is 0.493 e. The molecule has 9 heteroatoms. The van der Waals surface area contributed by atoms with Crippen LogP contribution in [0.25, 0.3) is 11.4 Å². The normalized spacial score (nSPS) is 16.1. The van der Waals surface area contributed by atoms with Gasteiger partial charge < -0.3 is 18.9 Å². The lowest BCUT2D eigenvalue weighted by atomic mass is 10.2. The van der Waals surface area contributed by atoms with Crippen molar-refractivity contribution in [3.05, 3.63) is 24.1 Å². The zero-order valence-electron chi connectivity index (χ0n) is 16.4. The average molecular weight is 396 g/mol. The number of hydrogen-bond donors (Lipinski definition) is 0. The molecule has 3 rings (SSSR count). The molecule has 7 nitrogen and oxygen atoms in total. The molecule has 0 bridgehead atoms. The number of methoxy groups -OCH3 is 1. The summed E-state index contributed by atoms with van der Waals surface area (Å²) < 4.78 is 39.8. The van der Waals surface area contributed by atoms with Crippen molar-refractivity contribution < 1.29 is 22.8 Å². The van der Waals surface area contributed by atoms with E-state index in [4.69, 9.17) is 9.26 Å². The second kappa shape index (κ2) is 9.29. The Morgan fingerprint density at radius 3 is 2.46 bits per heavy atom. The van der Waals surface area contributed by atoms with E-state index in [1.807, 2.05) is 0 Å². The fourth-order valence-electron chi connectivity index (χ4n) is 3.27. The molecule has 0 aliphatic carbocycles. The van der Waals surface area contributed by atoms with Crippen LogP contribution in [0.5, 0.6) is 11.5 Å². The number of piperazine rings is 1. The first-order valence-corrected chi connectivity index (χ1v) is 9.35. The molecule has 154 valence electrons. The molecule has 1 aromatic heterocycles. The van der Waals surface area contributed by atoms with E-state index in [1.54, 1.807) is 12.1 Å². The van der Waals surface area contributed by atoms with E-state index < -0.39 is 6.61 Å². The Labute approximate surface area is 163 Å². The summed E-state index contributed by atoms with van der Waals surface area (Å²) in [5.41, 5.74) is 0.607. The van der Waals surface area contributed by atoms with Gasteiger partial charge in [0.15, 0.2) is 11.5 Å². The van der Waals surface area contributed by atoms with Gasteiger partial charge in [0, 0.05) is 38.3 Å². The summed E-state index contributed by atoms with van der Waals surface area (Å²) in [6.45, 7) is 7.22. The van der Waals surface area contributed by atoms with Crippen LogP contribution in [-0.2, 0) is 6.54 Å². The molecular formula is C19H26F2N4O3. The lowest BCUT2D eigenvalue weighted by Crippen LogP contribution is -2.46. The average Bonchev–Trinajstić information content (AvgIpc) is 3.11. The Morgan fingerprint density at radius 1 is 1.11 bits per heavy atom. The van der Waals surface area contributed by atoms with Gasteiger partial charge in [-0.2, -0.15) is 13.8 Å². The minimum Gasteiger partial charge on any atom is -0.493 e. The summed E-state index contributed by atoms with van der Waals surface area (Å²) in [6.07, 6.45) is 0. The molecule has 1 fully saturated rings. The smallest absolute Gasteiger partial charge is 0.387 e. The fourth-order valence-corrected chi connectivity index (χ4v) is 3.27. The molecule has 28 heavy (non-hydrogen) atoms. The monoisotopic (exact) mass is 396 g/mol. The quantitative estimate of drug-likeness (QED) is 0.679. The fraction of sp³-hybridized carbons (Fsp3) is 0.579. The van der Waals surface area contributed by atoms with Gasteiger partial charge >= 0.3 is 6.61 Å². The maximum atomic E-state index is 12.4. The lowest BCUT2D eigenvalue weighted by Gasteiger charge is -2.34. The van der Waals surface area contributed by atoms with Gasteiger partial charge in [-0.25, -0.2) is 0 Å². The molecule has 0 N–H and O–H groups in total. The summed E-state index contributed by atoms with van der Waals surface area (Å²) in [4.78, 5) is 9.18. The highest BCUT2D eigenvalue weighted by molar-refractivity contribution is 5.60. The number of rotatable bonds is 8. The number of aromatic nitrogens is 2. The molecule has 0 amide bonds. The van der Waals surface area contributed by atoms with Crippen molar-refractivity contribution in [2.75, 3.05) is 39.8 Å². The molecule has 0 spiro atoms. The molecule has 1 aliphatic rings. The zero-order chi connectivity index (χ0) is 20.1. The number of hydrogen-bond acceptors (Lipinski definition) is 7. The van der Waals surface area contributed by atoms with Gasteiger partial charge in [-0.05, 0) is 24.1 Å². The van der Waals surface area contributed by atoms with Gasteiger partial charge in [0.05, 0.1) is 13.7 Å². The number of ether oxygens (including phenoxy) is 2. The summed E-state index contributed by atoms with van der Waals surface area (Å²) in [6, 6.07) is 4.56. The maximum Gasteiger partial charge on any atom is 0.387 e. The first-order chi connectivity index (χ1) is 13.4. The Balaban J connectivity index is 1.61. The van der Waals surface area contributed by atoms with E-state index in [0.717, 1.165) is 32.7 Å². The number of nitrogens with zero attached hydrogens (tertiary/aromatic N) is 4. The molecule has 1 aromatic carbocycles. The molecule has 0 radical (unpaired) electrons. The van der Waals surface area contributed by atoms with Crippen LogP contribution in [0.2, 0.25) is 0 Å². The van der Waals surface area contributed by atoms with Gasteiger partial charge in [0.2, 0.25) is 11.7 Å². The third-order valence-electron chi connectivity index (χ3n) is 4.55. The van der Waals surface area contributed by atoms with Crippen molar-refractivity contribution in [2.45, 2.75) is 27.0 Å². The van der Waals surface area contributed by atoms with Gasteiger partial charge in [0.25, 0.3) is 0 Å². The summed E-state index contributed by atoms with van der Waals surface area (Å²) in [5, 5.41) is 4.00. The van der Waals surface area contributed by atoms with Crippen LogP contribution < -0.4 is 9.47 Å². The highest BCUT2D eigenvalue weighted by atomic mass is 19.3. The second-order valence-corrected chi connectivity index (χ2v) is 7.23. The minimum absolute atomic E-state index is 0.0377. The first-order valence-electron chi connectivity index (χ1n) is 9.35. The molecule has 1 aliphatic heterocycles. The van der Waals surface area contributed by atoms with E-state index in [2.05, 4.69) is 38.5 Å². The molecule has 2 heterocycles. The van der Waals surface area contributed by atoms with Crippen LogP contribution in [0.3, 0.4) is 0 Å². The van der Waals surface area contributed by atoms with Crippen LogP contribution >= 0.6 is 0 Å². The summed E-state index contributed by atoms with van der Waals surface area (Å²) >= 11 is 0. The van der Waals surface area contributed by atoms with Crippen molar-refractivity contribution in [1.29, 1.82) is 0 Å². The Morgan fingerprint density at radius 2 is 1.82 bits per heavy atom. The van der Waals surface area contributed by atoms with Crippen molar-refractivity contribution in [3.8, 4) is 22.9 Å². The highest BCUT2D eigenvalue weighted by Gasteiger charge is 2.20. The molecule has 0 unspecified atom stereocenters. The summed E-state index contributed by atoms with van der Waals surface area (Å²) in [7, 11) is 1.39. The molecule has 0 atom stereocenters. The van der Waals surface area contributed by atoms with Crippen LogP contribution in [0.4, 0.5) is 8.78 Å². The van der Waals surface area contributed by atoms with E-state index in [1.165, 1.54) is 13.2 Å². The van der Waals surface area contributed by atoms with Crippen molar-refractivity contribution in [1.82, 2.24) is 19.9 Å². The standard InChI is InChI=1S/C19H26F2N4O3/c1-13(2)11-24-6-8-25(9-7-24)12-17-22-18(23-28-17)14-4-5-15(27-19(20)21)16(10-14)26-3/h4-5,10,13,19H,6-9,11-12H2,1-3H3. The first kappa shape index (κ1) is 20.5. The molecular weight excluding hydrogens is 370 g/mol. The number of alkyl halides is 2. The molecule has 0 saturated carbocycles. The van der Waals surface area contributed by atoms with E-state index in [-0.39, 0.29) is 11.5 Å². The van der Waals surface area contributed by atoms with Crippen molar-refractivity contribution in [2.24, 2.45) is 5.92 Å². The zero-order valence-corrected chi connectivity index (χ0v) is 16.4. The highest BCUT2D eigenvalue weighted by Crippen LogP contribution is 2.32. The SMILES string of the molecule is COc1cc(-c2noc(CN3CCN(CC(C)C)CC3)n2)ccc1OC(F)F. The predicted octanol–water partition coefficient (Wildman–Crippen LogP) is 3.12. The van der Waals surface area contributed by atoms with Gasteiger partial charge in [-0.3, -0.25) is 4.90 Å². The van der Waals surface area contributed by atoms with Crippen LogP contribution in [0.1, 0.15) is 19.7 Å². The van der Waals surface area contributed by atoms with Crippen molar-refractivity contribution >= 4 is 0 Å². The van der Waals surface area contributed by atoms with E-state index in [9.17, 15) is 8.78 Å². The lowest BCUT2D eigenvalue weighted by molar-refractivity contribution is -0.0512. The van der Waals surface area contributed by atoms with Crippen molar-refractivity contribution in [3.63, 3.8) is 0 Å². The number of benzene rings is 1. The van der Waals surface area contributed by atoms with E-state index >= 15 is 0 Å². The molecule has 2 aromatic rings. The predicted molar refractivity (Wildman–Crippen MR) is 99.5 cm³/mol. The Hall–Kier alpha value is -2.26. The van der Waals surface area contributed by atoms with Crippen LogP contribution in [0, 0.1) is 5.92 Å². The third-order valence-corrected chi connectivity index (χ3v) is 4.55. The van der Waals surface area contributed by atoms with Gasteiger partial charge in [-0.15, -0.1) is 0 Å². The third kappa shape index (κ3) is 5.39. The van der Waals surface area contributed by atoms with Crippen LogP contribution in [-0.4, -0.2) is 66.4 Å². The Bertz CT molecular complexity index is 761. The Kier molecular flexibility index (Phi) is 6.79. The van der Waals surface area contributed by atoms with Gasteiger partial charge in [-0.1, -0.05) is 19.0 Å². The topological polar surface area (TPSA) is 63.9 Å². The van der Waals surface area contributed by atoms with Crippen LogP contribution in [0.15, 0.2) is 22.7 Å². The van der Waals surface area contributed by atoms with Gasteiger partial charge in [0.1, 0.15) is 0 Å². The second-order valence-electron chi connectivity index (χ2n) is 7.23. The minimum atomic E-state index is -2.92.